The van der Waals surface area contributed by atoms with E-state index < -0.39 is 17.9 Å². The molecule has 5 nitrogen and oxygen atoms in total. The van der Waals surface area contributed by atoms with E-state index >= 15 is 0 Å². The summed E-state index contributed by atoms with van der Waals surface area (Å²) in [4.78, 5) is 21.4. The van der Waals surface area contributed by atoms with Crippen molar-refractivity contribution >= 4 is 11.9 Å². The molecule has 0 radical (unpaired) electrons. The van der Waals surface area contributed by atoms with E-state index in [4.69, 9.17) is 14.9 Å². The molecule has 2 atom stereocenters. The van der Waals surface area contributed by atoms with Gasteiger partial charge in [0.15, 0.2) is 0 Å². The molecule has 80 valence electrons. The first kappa shape index (κ1) is 11.0. The quantitative estimate of drug-likeness (QED) is 0.699. The SMILES string of the molecule is O=C(O)C[C@H]1CCOCC[C@H]1C(=O)O. The maximum absolute atomic E-state index is 10.9. The van der Waals surface area contributed by atoms with Crippen LogP contribution in [0, 0.1) is 11.8 Å². The number of carboxylic acids is 2. The molecule has 0 bridgehead atoms. The van der Waals surface area contributed by atoms with E-state index in [1.165, 1.54) is 0 Å². The maximum Gasteiger partial charge on any atom is 0.306 e. The van der Waals surface area contributed by atoms with Crippen molar-refractivity contribution in [2.75, 3.05) is 13.2 Å². The molecule has 0 spiro atoms. The van der Waals surface area contributed by atoms with E-state index in [0.717, 1.165) is 0 Å². The minimum Gasteiger partial charge on any atom is -0.481 e. The molecular formula is C9H14O5. The van der Waals surface area contributed by atoms with Gasteiger partial charge in [-0.3, -0.25) is 9.59 Å². The van der Waals surface area contributed by atoms with Crippen LogP contribution in [-0.2, 0) is 14.3 Å². The van der Waals surface area contributed by atoms with Gasteiger partial charge in [0.2, 0.25) is 0 Å². The first-order valence-corrected chi connectivity index (χ1v) is 4.63. The normalized spacial score (nSPS) is 28.0. The third-order valence-electron chi connectivity index (χ3n) is 2.53. The Balaban J connectivity index is 2.63. The Morgan fingerprint density at radius 1 is 1.21 bits per heavy atom. The minimum absolute atomic E-state index is 0.0830. The number of ether oxygens (including phenoxy) is 1. The van der Waals surface area contributed by atoms with Crippen molar-refractivity contribution in [2.24, 2.45) is 11.8 Å². The number of carboxylic acid groups (broad SMARTS) is 2. The lowest BCUT2D eigenvalue weighted by Crippen LogP contribution is -2.25. The fourth-order valence-corrected chi connectivity index (χ4v) is 1.78. The smallest absolute Gasteiger partial charge is 0.306 e. The standard InChI is InChI=1S/C9H14O5/c10-8(11)5-6-1-3-14-4-2-7(6)9(12)13/h6-7H,1-5H2,(H,10,11)(H,12,13)/t6-,7-/m1/s1. The van der Waals surface area contributed by atoms with Crippen molar-refractivity contribution in [3.63, 3.8) is 0 Å². The molecule has 0 aromatic carbocycles. The van der Waals surface area contributed by atoms with E-state index in [0.29, 0.717) is 26.1 Å². The molecule has 2 N–H and O–H groups in total. The Labute approximate surface area is 81.7 Å². The second-order valence-electron chi connectivity index (χ2n) is 3.49. The number of hydrogen-bond donors (Lipinski definition) is 2. The zero-order valence-electron chi connectivity index (χ0n) is 7.81. The number of carbonyl (C=O) groups is 2. The summed E-state index contributed by atoms with van der Waals surface area (Å²) in [6, 6.07) is 0. The van der Waals surface area contributed by atoms with Crippen LogP contribution >= 0.6 is 0 Å². The summed E-state index contributed by atoms with van der Waals surface area (Å²) >= 11 is 0. The summed E-state index contributed by atoms with van der Waals surface area (Å²) in [6.45, 7) is 0.870. The van der Waals surface area contributed by atoms with Crippen LogP contribution in [0.4, 0.5) is 0 Å². The van der Waals surface area contributed by atoms with Gasteiger partial charge < -0.3 is 14.9 Å². The van der Waals surface area contributed by atoms with Crippen molar-refractivity contribution in [3.8, 4) is 0 Å². The third kappa shape index (κ3) is 2.99. The van der Waals surface area contributed by atoms with Gasteiger partial charge in [0, 0.05) is 19.6 Å². The highest BCUT2D eigenvalue weighted by atomic mass is 16.5. The third-order valence-corrected chi connectivity index (χ3v) is 2.53. The molecule has 1 fully saturated rings. The van der Waals surface area contributed by atoms with E-state index in [2.05, 4.69) is 0 Å². The highest BCUT2D eigenvalue weighted by molar-refractivity contribution is 5.73. The Kier molecular flexibility index (Phi) is 3.88. The van der Waals surface area contributed by atoms with Crippen LogP contribution in [0.5, 0.6) is 0 Å². The molecule has 1 saturated heterocycles. The maximum atomic E-state index is 10.9. The lowest BCUT2D eigenvalue weighted by atomic mass is 9.85. The van der Waals surface area contributed by atoms with Crippen molar-refractivity contribution in [3.05, 3.63) is 0 Å². The van der Waals surface area contributed by atoms with Crippen molar-refractivity contribution in [1.82, 2.24) is 0 Å². The first-order valence-electron chi connectivity index (χ1n) is 4.63. The zero-order valence-corrected chi connectivity index (χ0v) is 7.81. The van der Waals surface area contributed by atoms with Crippen LogP contribution < -0.4 is 0 Å². The minimum atomic E-state index is -0.942. The van der Waals surface area contributed by atoms with Crippen molar-refractivity contribution < 1.29 is 24.5 Å². The topological polar surface area (TPSA) is 83.8 Å². The molecule has 5 heteroatoms. The van der Waals surface area contributed by atoms with Crippen LogP contribution in [0.3, 0.4) is 0 Å². The van der Waals surface area contributed by atoms with Gasteiger partial charge in [-0.1, -0.05) is 0 Å². The average molecular weight is 202 g/mol. The van der Waals surface area contributed by atoms with Crippen molar-refractivity contribution in [1.29, 1.82) is 0 Å². The van der Waals surface area contributed by atoms with Crippen LogP contribution in [0.1, 0.15) is 19.3 Å². The lowest BCUT2D eigenvalue weighted by Gasteiger charge is -2.18. The van der Waals surface area contributed by atoms with E-state index in [-0.39, 0.29) is 12.3 Å². The highest BCUT2D eigenvalue weighted by Gasteiger charge is 2.31. The average Bonchev–Trinajstić information content (AvgIpc) is 2.28. The molecule has 0 aromatic rings. The number of aliphatic carboxylic acids is 2. The van der Waals surface area contributed by atoms with E-state index in [1.807, 2.05) is 0 Å². The van der Waals surface area contributed by atoms with Crippen LogP contribution in [0.2, 0.25) is 0 Å². The predicted octanol–water partition coefficient (Wildman–Crippen LogP) is 0.589. The van der Waals surface area contributed by atoms with E-state index in [1.54, 1.807) is 0 Å². The highest BCUT2D eigenvalue weighted by Crippen LogP contribution is 2.26. The summed E-state index contributed by atoms with van der Waals surface area (Å²) in [5.41, 5.74) is 0. The van der Waals surface area contributed by atoms with Gasteiger partial charge in [-0.15, -0.1) is 0 Å². The Bertz CT molecular complexity index is 225. The van der Waals surface area contributed by atoms with Gasteiger partial charge in [0.05, 0.1) is 5.92 Å². The molecule has 0 unspecified atom stereocenters. The van der Waals surface area contributed by atoms with Gasteiger partial charge in [-0.25, -0.2) is 0 Å². The number of hydrogen-bond acceptors (Lipinski definition) is 3. The predicted molar refractivity (Wildman–Crippen MR) is 46.9 cm³/mol. The first-order chi connectivity index (χ1) is 6.61. The monoisotopic (exact) mass is 202 g/mol. The second-order valence-corrected chi connectivity index (χ2v) is 3.49. The lowest BCUT2D eigenvalue weighted by molar-refractivity contribution is -0.145. The number of rotatable bonds is 3. The zero-order chi connectivity index (χ0) is 10.6. The fraction of sp³-hybridized carbons (Fsp3) is 0.778. The van der Waals surface area contributed by atoms with E-state index in [9.17, 15) is 9.59 Å². The Morgan fingerprint density at radius 2 is 1.86 bits per heavy atom. The largest absolute Gasteiger partial charge is 0.481 e. The van der Waals surface area contributed by atoms with Gasteiger partial charge in [0.1, 0.15) is 0 Å². The van der Waals surface area contributed by atoms with Crippen LogP contribution in [0.25, 0.3) is 0 Å². The molecule has 0 aromatic heterocycles. The van der Waals surface area contributed by atoms with Crippen LogP contribution in [0.15, 0.2) is 0 Å². The summed E-state index contributed by atoms with van der Waals surface area (Å²) in [5, 5.41) is 17.5. The molecule has 0 amide bonds. The molecule has 1 heterocycles. The Morgan fingerprint density at radius 3 is 2.43 bits per heavy atom. The molecule has 14 heavy (non-hydrogen) atoms. The fourth-order valence-electron chi connectivity index (χ4n) is 1.78. The van der Waals surface area contributed by atoms with Crippen LogP contribution in [-0.4, -0.2) is 35.4 Å². The van der Waals surface area contributed by atoms with Gasteiger partial charge >= 0.3 is 11.9 Å². The Hall–Kier alpha value is -1.10. The summed E-state index contributed by atoms with van der Waals surface area (Å²) in [7, 11) is 0. The molecule has 0 saturated carbocycles. The molecular weight excluding hydrogens is 188 g/mol. The summed E-state index contributed by atoms with van der Waals surface area (Å²) in [5.74, 6) is -2.73. The van der Waals surface area contributed by atoms with Gasteiger partial charge in [-0.05, 0) is 18.8 Å². The summed E-state index contributed by atoms with van der Waals surface area (Å²) in [6.07, 6.45) is 0.844. The molecule has 1 aliphatic rings. The molecule has 1 rings (SSSR count). The molecule has 1 aliphatic heterocycles. The molecule has 0 aliphatic carbocycles. The van der Waals surface area contributed by atoms with Gasteiger partial charge in [0.25, 0.3) is 0 Å². The van der Waals surface area contributed by atoms with Crippen molar-refractivity contribution in [2.45, 2.75) is 19.3 Å². The second kappa shape index (κ2) is 4.95. The summed E-state index contributed by atoms with van der Waals surface area (Å²) < 4.78 is 5.13. The van der Waals surface area contributed by atoms with Gasteiger partial charge in [-0.2, -0.15) is 0 Å².